The number of hydrogen-bond donors (Lipinski definition) is 3. The van der Waals surface area contributed by atoms with E-state index >= 15 is 0 Å². The minimum absolute atomic E-state index is 0.207. The molecular weight excluding hydrogens is 152 g/mol. The van der Waals surface area contributed by atoms with Gasteiger partial charge in [0.25, 0.3) is 0 Å². The molecule has 1 aliphatic rings. The van der Waals surface area contributed by atoms with Crippen molar-refractivity contribution in [2.45, 2.75) is 12.5 Å². The molecule has 6 heteroatoms. The summed E-state index contributed by atoms with van der Waals surface area (Å²) in [6, 6.07) is -1.84. The molecule has 1 heterocycles. The Morgan fingerprint density at radius 1 is 1.55 bits per heavy atom. The summed E-state index contributed by atoms with van der Waals surface area (Å²) in [5, 5.41) is 12.4. The van der Waals surface area contributed by atoms with Gasteiger partial charge in [0.1, 0.15) is 6.04 Å². The molecule has 0 aliphatic carbocycles. The molecule has 0 unspecified atom stereocenters. The Balaban J connectivity index is 2.63. The van der Waals surface area contributed by atoms with Crippen molar-refractivity contribution in [1.82, 2.24) is 10.6 Å². The highest BCUT2D eigenvalue weighted by atomic mass is 16.4. The predicted octanol–water partition coefficient (Wildman–Crippen LogP) is -1.33. The molecule has 0 aromatic carbocycles. The van der Waals surface area contributed by atoms with Crippen molar-refractivity contribution >= 4 is 17.9 Å². The van der Waals surface area contributed by atoms with E-state index in [-0.39, 0.29) is 6.42 Å². The standard InChI is InChI=1S/C5H6N2O4/c8-3-1-2(4(9)10)6-5(11)7-3/h2H,1H2,(H,9,10)(H2,6,7,8,11)/t2-/m0/s1. The topological polar surface area (TPSA) is 95.5 Å². The van der Waals surface area contributed by atoms with Crippen molar-refractivity contribution in [2.75, 3.05) is 0 Å². The normalized spacial score (nSPS) is 23.8. The molecule has 3 N–H and O–H groups in total. The second kappa shape index (κ2) is 2.57. The first-order valence-corrected chi connectivity index (χ1v) is 2.93. The number of aliphatic carboxylic acids is 1. The third-order valence-electron chi connectivity index (χ3n) is 1.25. The smallest absolute Gasteiger partial charge is 0.326 e. The lowest BCUT2D eigenvalue weighted by Gasteiger charge is -2.18. The summed E-state index contributed by atoms with van der Waals surface area (Å²) in [5.41, 5.74) is 0. The number of rotatable bonds is 1. The van der Waals surface area contributed by atoms with Crippen LogP contribution in [0.4, 0.5) is 4.79 Å². The fourth-order valence-electron chi connectivity index (χ4n) is 0.757. The summed E-state index contributed by atoms with van der Waals surface area (Å²) in [6.45, 7) is 0. The zero-order chi connectivity index (χ0) is 8.43. The Kier molecular flexibility index (Phi) is 1.75. The predicted molar refractivity (Wildman–Crippen MR) is 32.7 cm³/mol. The molecule has 60 valence electrons. The Hall–Kier alpha value is -1.59. The van der Waals surface area contributed by atoms with Gasteiger partial charge in [-0.25, -0.2) is 9.59 Å². The van der Waals surface area contributed by atoms with Gasteiger partial charge in [-0.15, -0.1) is 0 Å². The molecule has 3 amide bonds. The number of carbonyl (C=O) groups is 3. The van der Waals surface area contributed by atoms with Gasteiger partial charge in [-0.2, -0.15) is 0 Å². The number of carboxylic acids is 1. The summed E-state index contributed by atoms with van der Waals surface area (Å²) < 4.78 is 0. The van der Waals surface area contributed by atoms with E-state index in [0.717, 1.165) is 0 Å². The molecule has 0 aromatic rings. The molecule has 0 saturated carbocycles. The maximum atomic E-state index is 10.6. The van der Waals surface area contributed by atoms with Crippen LogP contribution in [0.3, 0.4) is 0 Å². The first-order valence-electron chi connectivity index (χ1n) is 2.93. The fourth-order valence-corrected chi connectivity index (χ4v) is 0.757. The average molecular weight is 158 g/mol. The Morgan fingerprint density at radius 3 is 2.64 bits per heavy atom. The molecule has 1 atom stereocenters. The number of hydrogen-bond acceptors (Lipinski definition) is 3. The first kappa shape index (κ1) is 7.52. The third kappa shape index (κ3) is 1.66. The van der Waals surface area contributed by atoms with Crippen molar-refractivity contribution in [3.8, 4) is 0 Å². The molecule has 0 aromatic heterocycles. The lowest BCUT2D eigenvalue weighted by Crippen LogP contribution is -2.55. The van der Waals surface area contributed by atoms with E-state index in [2.05, 4.69) is 5.32 Å². The van der Waals surface area contributed by atoms with Gasteiger partial charge >= 0.3 is 12.0 Å². The highest BCUT2D eigenvalue weighted by Gasteiger charge is 2.28. The zero-order valence-corrected chi connectivity index (χ0v) is 5.46. The van der Waals surface area contributed by atoms with Gasteiger partial charge in [0.05, 0.1) is 6.42 Å². The van der Waals surface area contributed by atoms with Crippen LogP contribution in [-0.4, -0.2) is 29.1 Å². The highest BCUT2D eigenvalue weighted by molar-refractivity contribution is 6.01. The van der Waals surface area contributed by atoms with Crippen LogP contribution in [0.1, 0.15) is 6.42 Å². The first-order chi connectivity index (χ1) is 5.09. The van der Waals surface area contributed by atoms with Crippen molar-refractivity contribution in [2.24, 2.45) is 0 Å². The van der Waals surface area contributed by atoms with Crippen LogP contribution in [0.25, 0.3) is 0 Å². The van der Waals surface area contributed by atoms with Gasteiger partial charge < -0.3 is 10.4 Å². The van der Waals surface area contributed by atoms with E-state index in [1.54, 1.807) is 0 Å². The molecule has 1 aliphatic heterocycles. The summed E-state index contributed by atoms with van der Waals surface area (Å²) in [4.78, 5) is 31.3. The Labute approximate surface area is 61.6 Å². The average Bonchev–Trinajstić information content (AvgIpc) is 1.85. The molecule has 6 nitrogen and oxygen atoms in total. The van der Waals surface area contributed by atoms with Gasteiger partial charge in [0.15, 0.2) is 0 Å². The van der Waals surface area contributed by atoms with Gasteiger partial charge in [-0.3, -0.25) is 10.1 Å². The minimum Gasteiger partial charge on any atom is -0.480 e. The largest absolute Gasteiger partial charge is 0.480 e. The molecule has 1 rings (SSSR count). The van der Waals surface area contributed by atoms with Gasteiger partial charge in [-0.1, -0.05) is 0 Å². The monoisotopic (exact) mass is 158 g/mol. The van der Waals surface area contributed by atoms with Gasteiger partial charge in [0.2, 0.25) is 5.91 Å². The van der Waals surface area contributed by atoms with Crippen LogP contribution in [0.15, 0.2) is 0 Å². The van der Waals surface area contributed by atoms with Crippen molar-refractivity contribution in [3.05, 3.63) is 0 Å². The second-order valence-corrected chi connectivity index (χ2v) is 2.12. The number of imide groups is 1. The van der Waals surface area contributed by atoms with Crippen LogP contribution < -0.4 is 10.6 Å². The number of amides is 3. The van der Waals surface area contributed by atoms with Gasteiger partial charge in [0, 0.05) is 0 Å². The lowest BCUT2D eigenvalue weighted by atomic mass is 10.2. The van der Waals surface area contributed by atoms with Gasteiger partial charge in [-0.05, 0) is 0 Å². The summed E-state index contributed by atoms with van der Waals surface area (Å²) in [6.07, 6.45) is -0.207. The lowest BCUT2D eigenvalue weighted by molar-refractivity contribution is -0.141. The van der Waals surface area contributed by atoms with E-state index in [4.69, 9.17) is 5.11 Å². The van der Waals surface area contributed by atoms with Crippen LogP contribution in [-0.2, 0) is 9.59 Å². The maximum absolute atomic E-state index is 10.6. The minimum atomic E-state index is -1.20. The summed E-state index contributed by atoms with van der Waals surface area (Å²) in [7, 11) is 0. The highest BCUT2D eigenvalue weighted by Crippen LogP contribution is 1.97. The van der Waals surface area contributed by atoms with Crippen LogP contribution in [0, 0.1) is 0 Å². The number of carboxylic acid groups (broad SMARTS) is 1. The second-order valence-electron chi connectivity index (χ2n) is 2.12. The molecule has 11 heavy (non-hydrogen) atoms. The zero-order valence-electron chi connectivity index (χ0n) is 5.46. The van der Waals surface area contributed by atoms with E-state index in [9.17, 15) is 14.4 Å². The van der Waals surface area contributed by atoms with Crippen LogP contribution >= 0.6 is 0 Å². The van der Waals surface area contributed by atoms with E-state index in [1.165, 1.54) is 0 Å². The van der Waals surface area contributed by atoms with Crippen LogP contribution in [0.2, 0.25) is 0 Å². The Bertz CT molecular complexity index is 209. The molecule has 0 radical (unpaired) electrons. The van der Waals surface area contributed by atoms with Crippen molar-refractivity contribution in [1.29, 1.82) is 0 Å². The quantitative estimate of drug-likeness (QED) is 0.440. The maximum Gasteiger partial charge on any atom is 0.326 e. The number of carbonyl (C=O) groups excluding carboxylic acids is 2. The van der Waals surface area contributed by atoms with E-state index in [0.29, 0.717) is 0 Å². The number of nitrogens with one attached hydrogen (secondary N) is 2. The SMILES string of the molecule is O=C1C[C@@H](C(=O)O)NC(=O)N1. The molecule has 1 saturated heterocycles. The van der Waals surface area contributed by atoms with Crippen LogP contribution in [0.5, 0.6) is 0 Å². The summed E-state index contributed by atoms with van der Waals surface area (Å²) >= 11 is 0. The van der Waals surface area contributed by atoms with Crippen molar-refractivity contribution in [3.63, 3.8) is 0 Å². The molecule has 0 spiro atoms. The van der Waals surface area contributed by atoms with E-state index < -0.39 is 23.9 Å². The number of urea groups is 1. The fraction of sp³-hybridized carbons (Fsp3) is 0.400. The summed E-state index contributed by atoms with van der Waals surface area (Å²) in [5.74, 6) is -1.77. The Morgan fingerprint density at radius 2 is 2.18 bits per heavy atom. The molecule has 1 fully saturated rings. The third-order valence-corrected chi connectivity index (χ3v) is 1.25. The van der Waals surface area contributed by atoms with Crippen molar-refractivity contribution < 1.29 is 19.5 Å². The molecular formula is C5H6N2O4. The molecule has 0 bridgehead atoms. The van der Waals surface area contributed by atoms with E-state index in [1.807, 2.05) is 5.32 Å².